The molecule has 0 aliphatic carbocycles. The Hall–Kier alpha value is -4.48. The molecule has 1 aromatic carbocycles. The lowest BCUT2D eigenvalue weighted by Crippen LogP contribution is -2.69. The topological polar surface area (TPSA) is 207 Å². The van der Waals surface area contributed by atoms with E-state index in [0.29, 0.717) is 5.75 Å². The Morgan fingerprint density at radius 2 is 1.17 bits per heavy atom. The molecule has 1 N–H and O–H groups in total. The van der Waals surface area contributed by atoms with Crippen molar-refractivity contribution < 1.29 is 76.1 Å². The van der Waals surface area contributed by atoms with Crippen LogP contribution in [0.2, 0.25) is 0 Å². The van der Waals surface area contributed by atoms with E-state index in [0.717, 1.165) is 27.7 Å². The molecule has 0 saturated carbocycles. The Morgan fingerprint density at radius 1 is 0.646 bits per heavy atom. The highest BCUT2D eigenvalue weighted by atomic mass is 16.8. The van der Waals surface area contributed by atoms with Crippen LogP contribution < -0.4 is 14.8 Å². The van der Waals surface area contributed by atoms with Crippen LogP contribution in [0.4, 0.5) is 0 Å². The Kier molecular flexibility index (Phi) is 13.5. The molecule has 2 fully saturated rings. The van der Waals surface area contributed by atoms with E-state index >= 15 is 0 Å². The Balaban J connectivity index is 2.13. The average Bonchev–Trinajstić information content (AvgIpc) is 2.98. The number of benzene rings is 1. The van der Waals surface area contributed by atoms with E-state index in [1.807, 2.05) is 0 Å². The van der Waals surface area contributed by atoms with Crippen molar-refractivity contribution in [3.05, 3.63) is 24.3 Å². The van der Waals surface area contributed by atoms with Gasteiger partial charge in [-0.2, -0.15) is 0 Å². The van der Waals surface area contributed by atoms with Crippen LogP contribution in [0, 0.1) is 0 Å². The molecule has 1 aromatic rings. The predicted molar refractivity (Wildman–Crippen MR) is 158 cm³/mol. The Morgan fingerprint density at radius 3 is 1.69 bits per heavy atom. The number of nitrogens with one attached hydrogen (secondary N) is 1. The van der Waals surface area contributed by atoms with Gasteiger partial charge >= 0.3 is 29.8 Å². The first kappa shape index (κ1) is 38.0. The summed E-state index contributed by atoms with van der Waals surface area (Å²) in [5.41, 5.74) is 0. The summed E-state index contributed by atoms with van der Waals surface area (Å²) in [7, 11) is 1.49. The predicted octanol–water partition coefficient (Wildman–Crippen LogP) is 0.724. The molecule has 17 heteroatoms. The van der Waals surface area contributed by atoms with Crippen LogP contribution in [0.15, 0.2) is 24.3 Å². The van der Waals surface area contributed by atoms with Crippen molar-refractivity contribution in [3.63, 3.8) is 0 Å². The second-order valence-corrected chi connectivity index (χ2v) is 11.0. The second-order valence-electron chi connectivity index (χ2n) is 11.0. The third kappa shape index (κ3) is 10.5. The summed E-state index contributed by atoms with van der Waals surface area (Å²) in [4.78, 5) is 73.2. The first-order valence-corrected chi connectivity index (χ1v) is 15.0. The molecule has 0 spiro atoms. The first-order valence-electron chi connectivity index (χ1n) is 15.0. The molecule has 2 saturated heterocycles. The van der Waals surface area contributed by atoms with Gasteiger partial charge in [-0.15, -0.1) is 0 Å². The van der Waals surface area contributed by atoms with Crippen LogP contribution in [-0.4, -0.2) is 111 Å². The molecule has 48 heavy (non-hydrogen) atoms. The van der Waals surface area contributed by atoms with Crippen LogP contribution in [0.5, 0.6) is 11.5 Å². The van der Waals surface area contributed by atoms with Gasteiger partial charge in [0.25, 0.3) is 0 Å². The van der Waals surface area contributed by atoms with E-state index in [4.69, 9.17) is 47.4 Å². The maximum absolute atomic E-state index is 12.6. The van der Waals surface area contributed by atoms with Crippen LogP contribution >= 0.6 is 0 Å². The number of esters is 5. The van der Waals surface area contributed by atoms with Crippen LogP contribution in [-0.2, 0) is 66.7 Å². The Labute approximate surface area is 276 Å². The van der Waals surface area contributed by atoms with Crippen molar-refractivity contribution in [2.24, 2.45) is 0 Å². The fraction of sp³-hybridized carbons (Fsp3) is 0.613. The van der Waals surface area contributed by atoms with Crippen molar-refractivity contribution in [3.8, 4) is 11.5 Å². The molecular formula is C31H41NO16. The highest BCUT2D eigenvalue weighted by molar-refractivity contribution is 5.73. The fourth-order valence-electron chi connectivity index (χ4n) is 5.24. The number of rotatable bonds is 12. The Bertz CT molecular complexity index is 1320. The summed E-state index contributed by atoms with van der Waals surface area (Å²) in [6.07, 6.45) is -12.2. The number of methoxy groups -OCH3 is 1. The number of hydrogen-bond donors (Lipinski definition) is 1. The molecular weight excluding hydrogens is 642 g/mol. The maximum atomic E-state index is 12.6. The smallest absolute Gasteiger partial charge is 0.303 e. The van der Waals surface area contributed by atoms with Gasteiger partial charge in [0.05, 0.1) is 13.2 Å². The lowest BCUT2D eigenvalue weighted by molar-refractivity contribution is -0.338. The average molecular weight is 684 g/mol. The molecule has 1 amide bonds. The summed E-state index contributed by atoms with van der Waals surface area (Å²) in [5, 5.41) is 2.69. The normalized spacial score (nSPS) is 29.8. The van der Waals surface area contributed by atoms with E-state index in [1.165, 1.54) is 27.9 Å². The van der Waals surface area contributed by atoms with E-state index < -0.39 is 104 Å². The van der Waals surface area contributed by atoms with Gasteiger partial charge in [0, 0.05) is 41.5 Å². The standard InChI is InChI=1S/C31H41NO16/c1-14-25(42-17(4)35)28(44-19(6)37)29(45-20(7)38)31(41-14)48-27-24(32-15(2)33)30(46-22-11-9-21(39-8)10-12-22)47-23(13-40-16(3)34)26(27)43-18(5)36/h9-12,14,23-31H,13H2,1-8H3,(H,32,33)/t14-,23+,24+,25+,26+,27+,28+,29-,30+,31-/m0/s1. The quantitative estimate of drug-likeness (QED) is 0.238. The van der Waals surface area contributed by atoms with E-state index in [-0.39, 0.29) is 5.75 Å². The summed E-state index contributed by atoms with van der Waals surface area (Å²) in [6, 6.07) is 5.12. The number of carbonyl (C=O) groups excluding carboxylic acids is 6. The number of hydrogen-bond acceptors (Lipinski definition) is 16. The van der Waals surface area contributed by atoms with Gasteiger partial charge in [0.1, 0.15) is 36.4 Å². The highest BCUT2D eigenvalue weighted by Crippen LogP contribution is 2.35. The van der Waals surface area contributed by atoms with Gasteiger partial charge in [0.15, 0.2) is 30.7 Å². The summed E-state index contributed by atoms with van der Waals surface area (Å²) in [5.74, 6) is -3.58. The number of carbonyl (C=O) groups is 6. The lowest BCUT2D eigenvalue weighted by Gasteiger charge is -2.49. The highest BCUT2D eigenvalue weighted by Gasteiger charge is 2.56. The molecule has 2 aliphatic heterocycles. The largest absolute Gasteiger partial charge is 0.497 e. The second kappa shape index (κ2) is 17.1. The van der Waals surface area contributed by atoms with Crippen LogP contribution in [0.3, 0.4) is 0 Å². The lowest BCUT2D eigenvalue weighted by atomic mass is 9.94. The van der Waals surface area contributed by atoms with Crippen molar-refractivity contribution >= 4 is 35.8 Å². The van der Waals surface area contributed by atoms with Crippen molar-refractivity contribution in [1.82, 2.24) is 5.32 Å². The zero-order chi connectivity index (χ0) is 35.7. The van der Waals surface area contributed by atoms with E-state index in [2.05, 4.69) is 5.32 Å². The van der Waals surface area contributed by atoms with Crippen molar-refractivity contribution in [1.29, 1.82) is 0 Å². The molecule has 10 atom stereocenters. The molecule has 0 unspecified atom stereocenters. The van der Waals surface area contributed by atoms with Crippen LogP contribution in [0.25, 0.3) is 0 Å². The molecule has 0 bridgehead atoms. The molecule has 0 aromatic heterocycles. The minimum atomic E-state index is -1.59. The van der Waals surface area contributed by atoms with Gasteiger partial charge in [-0.1, -0.05) is 0 Å². The fourth-order valence-corrected chi connectivity index (χ4v) is 5.24. The number of amides is 1. The zero-order valence-electron chi connectivity index (χ0n) is 27.8. The SMILES string of the molecule is COc1ccc(O[C@@H]2O[C@H](COC(C)=O)[C@@H](OC(C)=O)[C@H](O[C@@H]3O[C@@H](C)[C@@H](OC(C)=O)[C@@H](OC(C)=O)[C@@H]3OC(C)=O)[C@H]2NC(C)=O)cc1. The maximum Gasteiger partial charge on any atom is 0.303 e. The minimum Gasteiger partial charge on any atom is -0.497 e. The number of ether oxygens (including phenoxy) is 10. The molecule has 2 heterocycles. The van der Waals surface area contributed by atoms with E-state index in [9.17, 15) is 28.8 Å². The molecule has 3 rings (SSSR count). The monoisotopic (exact) mass is 683 g/mol. The summed E-state index contributed by atoms with van der Waals surface area (Å²) in [6.45, 7) is 7.89. The summed E-state index contributed by atoms with van der Waals surface area (Å²) < 4.78 is 57.1. The van der Waals surface area contributed by atoms with Gasteiger partial charge < -0.3 is 52.7 Å². The molecule has 0 radical (unpaired) electrons. The third-order valence-electron chi connectivity index (χ3n) is 7.01. The van der Waals surface area contributed by atoms with Gasteiger partial charge in [-0.25, -0.2) is 0 Å². The molecule has 17 nitrogen and oxygen atoms in total. The first-order chi connectivity index (χ1) is 22.6. The minimum absolute atomic E-state index is 0.270. The van der Waals surface area contributed by atoms with Crippen molar-refractivity contribution in [2.45, 2.75) is 110 Å². The van der Waals surface area contributed by atoms with Gasteiger partial charge in [-0.05, 0) is 31.2 Å². The van der Waals surface area contributed by atoms with Gasteiger partial charge in [-0.3, -0.25) is 28.8 Å². The zero-order valence-corrected chi connectivity index (χ0v) is 27.8. The van der Waals surface area contributed by atoms with Crippen molar-refractivity contribution in [2.75, 3.05) is 13.7 Å². The molecule has 2 aliphatic rings. The summed E-state index contributed by atoms with van der Waals surface area (Å²) >= 11 is 0. The van der Waals surface area contributed by atoms with E-state index in [1.54, 1.807) is 24.3 Å². The van der Waals surface area contributed by atoms with Crippen LogP contribution in [0.1, 0.15) is 48.5 Å². The van der Waals surface area contributed by atoms with Gasteiger partial charge in [0.2, 0.25) is 12.2 Å². The molecule has 266 valence electrons. The third-order valence-corrected chi connectivity index (χ3v) is 7.01.